The van der Waals surface area contributed by atoms with Gasteiger partial charge in [-0.2, -0.15) is 0 Å². The summed E-state index contributed by atoms with van der Waals surface area (Å²) in [5.74, 6) is 2.28. The Morgan fingerprint density at radius 2 is 2.00 bits per heavy atom. The van der Waals surface area contributed by atoms with E-state index in [2.05, 4.69) is 26.0 Å². The molecule has 1 aromatic carbocycles. The molecule has 0 radical (unpaired) electrons. The molecule has 0 bridgehead atoms. The molecule has 0 amide bonds. The number of benzene rings is 1. The van der Waals surface area contributed by atoms with Crippen LogP contribution in [0.5, 0.6) is 5.75 Å². The number of hydrogen-bond donors (Lipinski definition) is 1. The average Bonchev–Trinajstić information content (AvgIpc) is 3.13. The van der Waals surface area contributed by atoms with Crippen LogP contribution >= 0.6 is 0 Å². The maximum atomic E-state index is 9.21. The van der Waals surface area contributed by atoms with Crippen LogP contribution in [0.15, 0.2) is 12.1 Å². The molecule has 17 heavy (non-hydrogen) atoms. The quantitative estimate of drug-likeness (QED) is 0.847. The summed E-state index contributed by atoms with van der Waals surface area (Å²) in [6, 6.07) is 4.37. The molecule has 0 saturated heterocycles. The summed E-state index contributed by atoms with van der Waals surface area (Å²) in [6.07, 6.45) is 3.52. The molecule has 2 nitrogen and oxygen atoms in total. The van der Waals surface area contributed by atoms with Crippen molar-refractivity contribution in [3.8, 4) is 5.75 Å². The molecule has 1 unspecified atom stereocenters. The molecule has 0 spiro atoms. The van der Waals surface area contributed by atoms with Crippen LogP contribution in [0.2, 0.25) is 0 Å². The number of methoxy groups -OCH3 is 1. The molecule has 1 atom stereocenters. The van der Waals surface area contributed by atoms with Crippen LogP contribution in [0, 0.1) is 19.8 Å². The monoisotopic (exact) mass is 234 g/mol. The molecular weight excluding hydrogens is 212 g/mol. The molecule has 1 aromatic rings. The molecule has 1 aliphatic rings. The van der Waals surface area contributed by atoms with Crippen LogP contribution in [0.1, 0.15) is 41.9 Å². The lowest BCUT2D eigenvalue weighted by molar-refractivity contribution is 0.269. The Hall–Kier alpha value is -1.02. The van der Waals surface area contributed by atoms with Crippen molar-refractivity contribution in [1.82, 2.24) is 0 Å². The standard InChI is InChI=1S/C15H22O2/c1-10-9-15(17-3)11(2)8-14(10)13(6-7-16)12-4-5-12/h8-9,12-13,16H,4-7H2,1-3H3. The van der Waals surface area contributed by atoms with Gasteiger partial charge < -0.3 is 9.84 Å². The number of aliphatic hydroxyl groups is 1. The summed E-state index contributed by atoms with van der Waals surface area (Å²) in [5.41, 5.74) is 3.88. The molecule has 1 fully saturated rings. The van der Waals surface area contributed by atoms with E-state index in [1.807, 2.05) is 0 Å². The van der Waals surface area contributed by atoms with Gasteiger partial charge in [-0.15, -0.1) is 0 Å². The van der Waals surface area contributed by atoms with Crippen LogP contribution in [0.4, 0.5) is 0 Å². The predicted octanol–water partition coefficient (Wildman–Crippen LogP) is 3.19. The van der Waals surface area contributed by atoms with E-state index >= 15 is 0 Å². The van der Waals surface area contributed by atoms with Crippen molar-refractivity contribution < 1.29 is 9.84 Å². The van der Waals surface area contributed by atoms with E-state index in [9.17, 15) is 5.11 Å². The van der Waals surface area contributed by atoms with Gasteiger partial charge in [0.05, 0.1) is 7.11 Å². The Morgan fingerprint density at radius 3 is 2.53 bits per heavy atom. The van der Waals surface area contributed by atoms with Gasteiger partial charge in [0.15, 0.2) is 0 Å². The van der Waals surface area contributed by atoms with Crippen LogP contribution < -0.4 is 4.74 Å². The van der Waals surface area contributed by atoms with Crippen molar-refractivity contribution in [2.75, 3.05) is 13.7 Å². The van der Waals surface area contributed by atoms with Gasteiger partial charge in [0.2, 0.25) is 0 Å². The second-order valence-corrected chi connectivity index (χ2v) is 5.13. The second kappa shape index (κ2) is 5.09. The van der Waals surface area contributed by atoms with Crippen LogP contribution in [0.25, 0.3) is 0 Å². The minimum atomic E-state index is 0.283. The summed E-state index contributed by atoms with van der Waals surface area (Å²) in [7, 11) is 1.72. The summed E-state index contributed by atoms with van der Waals surface area (Å²) >= 11 is 0. The van der Waals surface area contributed by atoms with Gasteiger partial charge in [0, 0.05) is 6.61 Å². The van der Waals surface area contributed by atoms with E-state index in [4.69, 9.17) is 4.74 Å². The Kier molecular flexibility index (Phi) is 3.72. The van der Waals surface area contributed by atoms with E-state index in [1.54, 1.807) is 7.11 Å². The van der Waals surface area contributed by atoms with Crippen molar-refractivity contribution in [2.45, 2.75) is 39.0 Å². The van der Waals surface area contributed by atoms with Gasteiger partial charge >= 0.3 is 0 Å². The van der Waals surface area contributed by atoms with Gasteiger partial charge in [-0.1, -0.05) is 6.07 Å². The van der Waals surface area contributed by atoms with Crippen molar-refractivity contribution in [2.24, 2.45) is 5.92 Å². The van der Waals surface area contributed by atoms with Crippen molar-refractivity contribution in [1.29, 1.82) is 0 Å². The Balaban J connectivity index is 2.32. The zero-order valence-electron chi connectivity index (χ0n) is 11.0. The van der Waals surface area contributed by atoms with Gasteiger partial charge in [-0.3, -0.25) is 0 Å². The normalized spacial score (nSPS) is 16.9. The summed E-state index contributed by atoms with van der Waals surface area (Å²) < 4.78 is 5.35. The fraction of sp³-hybridized carbons (Fsp3) is 0.600. The van der Waals surface area contributed by atoms with Gasteiger partial charge in [0.25, 0.3) is 0 Å². The van der Waals surface area contributed by atoms with Gasteiger partial charge in [-0.05, 0) is 67.7 Å². The SMILES string of the molecule is COc1cc(C)c(C(CCO)C2CC2)cc1C. The first-order chi connectivity index (χ1) is 8.17. The Labute approximate surface area is 104 Å². The van der Waals surface area contributed by atoms with E-state index in [1.165, 1.54) is 29.5 Å². The first kappa shape index (κ1) is 12.4. The number of rotatable bonds is 5. The third-order valence-corrected chi connectivity index (χ3v) is 3.81. The molecule has 0 aromatic heterocycles. The molecule has 1 aliphatic carbocycles. The molecule has 1 N–H and O–H groups in total. The zero-order chi connectivity index (χ0) is 12.4. The third-order valence-electron chi connectivity index (χ3n) is 3.81. The van der Waals surface area contributed by atoms with E-state index in [-0.39, 0.29) is 6.61 Å². The minimum absolute atomic E-state index is 0.283. The molecule has 0 heterocycles. The lowest BCUT2D eigenvalue weighted by Gasteiger charge is -2.20. The first-order valence-electron chi connectivity index (χ1n) is 6.43. The lowest BCUT2D eigenvalue weighted by Crippen LogP contribution is -2.07. The number of ether oxygens (including phenoxy) is 1. The number of aryl methyl sites for hydroxylation is 2. The molecule has 1 saturated carbocycles. The molecule has 2 heteroatoms. The molecule has 94 valence electrons. The number of aliphatic hydroxyl groups excluding tert-OH is 1. The Bertz CT molecular complexity index is 394. The smallest absolute Gasteiger partial charge is 0.122 e. The maximum Gasteiger partial charge on any atom is 0.122 e. The zero-order valence-corrected chi connectivity index (χ0v) is 11.0. The maximum absolute atomic E-state index is 9.21. The van der Waals surface area contributed by atoms with E-state index in [0.717, 1.165) is 18.1 Å². The fourth-order valence-electron chi connectivity index (χ4n) is 2.71. The molecular formula is C15H22O2. The van der Waals surface area contributed by atoms with Crippen LogP contribution in [-0.4, -0.2) is 18.8 Å². The van der Waals surface area contributed by atoms with Crippen LogP contribution in [-0.2, 0) is 0 Å². The van der Waals surface area contributed by atoms with Crippen molar-refractivity contribution in [3.05, 3.63) is 28.8 Å². The van der Waals surface area contributed by atoms with Crippen molar-refractivity contribution >= 4 is 0 Å². The average molecular weight is 234 g/mol. The lowest BCUT2D eigenvalue weighted by atomic mass is 9.87. The van der Waals surface area contributed by atoms with Gasteiger partial charge in [0.1, 0.15) is 5.75 Å². The second-order valence-electron chi connectivity index (χ2n) is 5.13. The highest BCUT2D eigenvalue weighted by Crippen LogP contribution is 2.46. The topological polar surface area (TPSA) is 29.5 Å². The summed E-state index contributed by atoms with van der Waals surface area (Å²) in [4.78, 5) is 0. The van der Waals surface area contributed by atoms with E-state index < -0.39 is 0 Å². The summed E-state index contributed by atoms with van der Waals surface area (Å²) in [6.45, 7) is 4.51. The number of hydrogen-bond acceptors (Lipinski definition) is 2. The highest BCUT2D eigenvalue weighted by atomic mass is 16.5. The third kappa shape index (κ3) is 2.63. The molecule has 2 rings (SSSR count). The minimum Gasteiger partial charge on any atom is -0.496 e. The van der Waals surface area contributed by atoms with E-state index in [0.29, 0.717) is 5.92 Å². The Morgan fingerprint density at radius 1 is 1.29 bits per heavy atom. The van der Waals surface area contributed by atoms with Crippen molar-refractivity contribution in [3.63, 3.8) is 0 Å². The largest absolute Gasteiger partial charge is 0.496 e. The molecule has 0 aliphatic heterocycles. The highest BCUT2D eigenvalue weighted by Gasteiger charge is 2.32. The first-order valence-corrected chi connectivity index (χ1v) is 6.43. The van der Waals surface area contributed by atoms with Crippen LogP contribution in [0.3, 0.4) is 0 Å². The highest BCUT2D eigenvalue weighted by molar-refractivity contribution is 5.43. The predicted molar refractivity (Wildman–Crippen MR) is 69.6 cm³/mol. The van der Waals surface area contributed by atoms with Gasteiger partial charge in [-0.25, -0.2) is 0 Å². The summed E-state index contributed by atoms with van der Waals surface area (Å²) in [5, 5.41) is 9.21. The fourth-order valence-corrected chi connectivity index (χ4v) is 2.71.